The minimum atomic E-state index is -3.58. The molecule has 2 unspecified atom stereocenters. The van der Waals surface area contributed by atoms with E-state index in [9.17, 15) is 8.42 Å². The van der Waals surface area contributed by atoms with Gasteiger partial charge >= 0.3 is 0 Å². The number of nitrogens with one attached hydrogen (secondary N) is 2. The third kappa shape index (κ3) is 4.73. The van der Waals surface area contributed by atoms with Crippen molar-refractivity contribution in [1.82, 2.24) is 10.0 Å². The van der Waals surface area contributed by atoms with Gasteiger partial charge in [-0.2, -0.15) is 0 Å². The summed E-state index contributed by atoms with van der Waals surface area (Å²) in [6, 6.07) is 3.46. The average Bonchev–Trinajstić information content (AvgIpc) is 2.46. The first-order valence-electron chi connectivity index (χ1n) is 7.35. The maximum Gasteiger partial charge on any atom is 0.241 e. The molecule has 0 aromatic heterocycles. The first kappa shape index (κ1) is 20.0. The van der Waals surface area contributed by atoms with Crippen LogP contribution in [0.4, 0.5) is 0 Å². The molecule has 1 aromatic rings. The molecular weight excluding hydrogens is 340 g/mol. The molecule has 1 saturated heterocycles. The fourth-order valence-corrected chi connectivity index (χ4v) is 4.30. The number of hydrogen-bond acceptors (Lipinski definition) is 5. The molecule has 1 heterocycles. The second-order valence-electron chi connectivity index (χ2n) is 5.67. The highest BCUT2D eigenvalue weighted by molar-refractivity contribution is 7.89. The van der Waals surface area contributed by atoms with E-state index < -0.39 is 10.0 Å². The predicted octanol–water partition coefficient (Wildman–Crippen LogP) is 1.85. The molecule has 6 nitrogen and oxygen atoms in total. The molecule has 0 amide bonds. The molecule has 0 saturated carbocycles. The van der Waals surface area contributed by atoms with Gasteiger partial charge in [-0.15, -0.1) is 12.4 Å². The predicted molar refractivity (Wildman–Crippen MR) is 92.3 cm³/mol. The number of ether oxygens (including phenoxy) is 2. The summed E-state index contributed by atoms with van der Waals surface area (Å²) < 4.78 is 38.6. The van der Waals surface area contributed by atoms with Crippen LogP contribution in [0.1, 0.15) is 25.3 Å². The number of methoxy groups -OCH3 is 2. The Balaban J connectivity index is 0.00000264. The van der Waals surface area contributed by atoms with E-state index in [2.05, 4.69) is 17.0 Å². The van der Waals surface area contributed by atoms with Crippen LogP contribution in [0.5, 0.6) is 11.5 Å². The first-order valence-corrected chi connectivity index (χ1v) is 8.84. The van der Waals surface area contributed by atoms with E-state index in [0.29, 0.717) is 23.1 Å². The summed E-state index contributed by atoms with van der Waals surface area (Å²) in [4.78, 5) is 0.233. The lowest BCUT2D eigenvalue weighted by Gasteiger charge is -2.28. The summed E-state index contributed by atoms with van der Waals surface area (Å²) in [5.41, 5.74) is 0.632. The zero-order valence-electron chi connectivity index (χ0n) is 13.9. The highest BCUT2D eigenvalue weighted by atomic mass is 35.5. The fourth-order valence-electron chi connectivity index (χ4n) is 2.77. The molecule has 0 aliphatic carbocycles. The summed E-state index contributed by atoms with van der Waals surface area (Å²) in [6.45, 7) is 4.63. The lowest BCUT2D eigenvalue weighted by molar-refractivity contribution is 0.352. The fraction of sp³-hybridized carbons (Fsp3) is 0.600. The Kier molecular flexibility index (Phi) is 7.13. The molecule has 23 heavy (non-hydrogen) atoms. The van der Waals surface area contributed by atoms with Crippen molar-refractivity contribution in [1.29, 1.82) is 0 Å². The number of hydrogen-bond donors (Lipinski definition) is 2. The third-order valence-electron chi connectivity index (χ3n) is 3.92. The quantitative estimate of drug-likeness (QED) is 0.833. The summed E-state index contributed by atoms with van der Waals surface area (Å²) in [7, 11) is -0.565. The lowest BCUT2D eigenvalue weighted by atomic mass is 10.0. The number of halogens is 1. The number of piperidine rings is 1. The Morgan fingerprint density at radius 2 is 1.83 bits per heavy atom. The van der Waals surface area contributed by atoms with Crippen molar-refractivity contribution in [3.05, 3.63) is 17.7 Å². The molecule has 0 spiro atoms. The molecule has 1 aliphatic rings. The van der Waals surface area contributed by atoms with Gasteiger partial charge in [0.25, 0.3) is 0 Å². The van der Waals surface area contributed by atoms with Gasteiger partial charge in [0.15, 0.2) is 11.5 Å². The van der Waals surface area contributed by atoms with Crippen LogP contribution < -0.4 is 19.5 Å². The van der Waals surface area contributed by atoms with Crippen molar-refractivity contribution in [2.24, 2.45) is 0 Å². The van der Waals surface area contributed by atoms with Crippen molar-refractivity contribution < 1.29 is 17.9 Å². The number of sulfonamides is 1. The Labute approximate surface area is 144 Å². The molecule has 1 aliphatic heterocycles. The van der Waals surface area contributed by atoms with E-state index >= 15 is 0 Å². The van der Waals surface area contributed by atoms with Crippen molar-refractivity contribution >= 4 is 22.4 Å². The van der Waals surface area contributed by atoms with Gasteiger partial charge in [0.05, 0.1) is 19.1 Å². The van der Waals surface area contributed by atoms with Gasteiger partial charge in [-0.25, -0.2) is 13.1 Å². The second-order valence-corrected chi connectivity index (χ2v) is 7.35. The van der Waals surface area contributed by atoms with Gasteiger partial charge in [0, 0.05) is 18.2 Å². The largest absolute Gasteiger partial charge is 0.493 e. The monoisotopic (exact) mass is 364 g/mol. The van der Waals surface area contributed by atoms with E-state index in [-0.39, 0.29) is 23.3 Å². The SMILES string of the molecule is COc1cc(C)c(S(=O)(=O)NC2CCNC(C)C2)cc1OC.Cl. The number of aryl methyl sites for hydroxylation is 1. The van der Waals surface area contributed by atoms with Gasteiger partial charge in [-0.1, -0.05) is 0 Å². The Hall–Kier alpha value is -1.02. The topological polar surface area (TPSA) is 76.7 Å². The minimum absolute atomic E-state index is 0. The third-order valence-corrected chi connectivity index (χ3v) is 5.58. The molecule has 2 N–H and O–H groups in total. The van der Waals surface area contributed by atoms with Crippen LogP contribution in [0.25, 0.3) is 0 Å². The summed E-state index contributed by atoms with van der Waals surface area (Å²) >= 11 is 0. The van der Waals surface area contributed by atoms with Crippen LogP contribution in [0.3, 0.4) is 0 Å². The molecule has 0 radical (unpaired) electrons. The van der Waals surface area contributed by atoms with Crippen LogP contribution >= 0.6 is 12.4 Å². The second kappa shape index (κ2) is 8.19. The maximum atomic E-state index is 12.7. The summed E-state index contributed by atoms with van der Waals surface area (Å²) in [5, 5.41) is 3.31. The van der Waals surface area contributed by atoms with Gasteiger partial charge in [0.1, 0.15) is 0 Å². The number of rotatable bonds is 5. The van der Waals surface area contributed by atoms with Crippen molar-refractivity contribution in [2.45, 2.75) is 43.7 Å². The Morgan fingerprint density at radius 3 is 2.39 bits per heavy atom. The van der Waals surface area contributed by atoms with Gasteiger partial charge < -0.3 is 14.8 Å². The van der Waals surface area contributed by atoms with Gasteiger partial charge in [-0.05, 0) is 44.9 Å². The summed E-state index contributed by atoms with van der Waals surface area (Å²) in [5.74, 6) is 0.932. The van der Waals surface area contributed by atoms with Crippen LogP contribution in [0.2, 0.25) is 0 Å². The van der Waals surface area contributed by atoms with Crippen molar-refractivity contribution in [2.75, 3.05) is 20.8 Å². The lowest BCUT2D eigenvalue weighted by Crippen LogP contribution is -2.46. The van der Waals surface area contributed by atoms with Crippen molar-refractivity contribution in [3.8, 4) is 11.5 Å². The van der Waals surface area contributed by atoms with Crippen LogP contribution in [-0.4, -0.2) is 41.3 Å². The Bertz CT molecular complexity index is 637. The minimum Gasteiger partial charge on any atom is -0.493 e. The van der Waals surface area contributed by atoms with Crippen LogP contribution in [0, 0.1) is 6.92 Å². The molecular formula is C15H25ClN2O4S. The van der Waals surface area contributed by atoms with Gasteiger partial charge in [0.2, 0.25) is 10.0 Å². The highest BCUT2D eigenvalue weighted by Crippen LogP contribution is 2.32. The average molecular weight is 365 g/mol. The molecule has 2 atom stereocenters. The van der Waals surface area contributed by atoms with E-state index in [1.54, 1.807) is 13.0 Å². The normalized spacial score (nSPS) is 21.4. The van der Waals surface area contributed by atoms with E-state index in [1.807, 2.05) is 0 Å². The van der Waals surface area contributed by atoms with E-state index in [1.165, 1.54) is 20.3 Å². The van der Waals surface area contributed by atoms with Crippen LogP contribution in [-0.2, 0) is 10.0 Å². The van der Waals surface area contributed by atoms with E-state index in [0.717, 1.165) is 19.4 Å². The smallest absolute Gasteiger partial charge is 0.241 e. The Morgan fingerprint density at radius 1 is 1.22 bits per heavy atom. The zero-order chi connectivity index (χ0) is 16.3. The molecule has 0 bridgehead atoms. The molecule has 1 fully saturated rings. The van der Waals surface area contributed by atoms with Gasteiger partial charge in [-0.3, -0.25) is 0 Å². The zero-order valence-corrected chi connectivity index (χ0v) is 15.5. The molecule has 1 aromatic carbocycles. The standard InChI is InChI=1S/C15H24N2O4S.ClH/c1-10-7-13(20-3)14(21-4)9-15(10)22(18,19)17-12-5-6-16-11(2)8-12;/h7,9,11-12,16-17H,5-6,8H2,1-4H3;1H. The van der Waals surface area contributed by atoms with Crippen LogP contribution in [0.15, 0.2) is 17.0 Å². The van der Waals surface area contributed by atoms with E-state index in [4.69, 9.17) is 9.47 Å². The highest BCUT2D eigenvalue weighted by Gasteiger charge is 2.26. The van der Waals surface area contributed by atoms with Crippen molar-refractivity contribution in [3.63, 3.8) is 0 Å². The first-order chi connectivity index (χ1) is 10.4. The molecule has 2 rings (SSSR count). The molecule has 132 valence electrons. The molecule has 8 heteroatoms. The summed E-state index contributed by atoms with van der Waals surface area (Å²) in [6.07, 6.45) is 1.57. The maximum absolute atomic E-state index is 12.7. The number of benzene rings is 1.